The second kappa shape index (κ2) is 10.8. The minimum atomic E-state index is -3.49. The van der Waals surface area contributed by atoms with E-state index in [1.54, 1.807) is 21.7 Å². The fourth-order valence-corrected chi connectivity index (χ4v) is 6.66. The Morgan fingerprint density at radius 2 is 1.79 bits per heavy atom. The van der Waals surface area contributed by atoms with Gasteiger partial charge >= 0.3 is 0 Å². The van der Waals surface area contributed by atoms with E-state index < -0.39 is 10.0 Å². The summed E-state index contributed by atoms with van der Waals surface area (Å²) in [4.78, 5) is 6.19. The summed E-state index contributed by atoms with van der Waals surface area (Å²) in [6.45, 7) is 6.45. The van der Waals surface area contributed by atoms with Crippen LogP contribution in [0.15, 0.2) is 69.9 Å². The van der Waals surface area contributed by atoms with Crippen molar-refractivity contribution in [2.24, 2.45) is 10.9 Å². The van der Waals surface area contributed by atoms with Gasteiger partial charge in [-0.05, 0) is 49.4 Å². The molecule has 0 N–H and O–H groups in total. The highest BCUT2D eigenvalue weighted by Gasteiger charge is 2.28. The summed E-state index contributed by atoms with van der Waals surface area (Å²) < 4.78 is 30.5. The van der Waals surface area contributed by atoms with Gasteiger partial charge in [-0.15, -0.1) is 11.3 Å². The predicted molar refractivity (Wildman–Crippen MR) is 136 cm³/mol. The Morgan fingerprint density at radius 3 is 2.52 bits per heavy atom. The standard InChI is InChI=1S/C26H33N3O2S2/c1-3-4-8-16-29-25(20-32-26(29)27-23-11-6-5-7-12-23)22-10-9-13-24(19-22)33(30,31)28-17-14-21(2)15-18-28/h5-7,9-13,19-21H,3-4,8,14-18H2,1-2H3. The molecule has 2 heterocycles. The van der Waals surface area contributed by atoms with Crippen molar-refractivity contribution in [2.75, 3.05) is 13.1 Å². The first-order valence-corrected chi connectivity index (χ1v) is 14.2. The van der Waals surface area contributed by atoms with Crippen LogP contribution in [0.25, 0.3) is 11.3 Å². The lowest BCUT2D eigenvalue weighted by atomic mass is 10.0. The van der Waals surface area contributed by atoms with Gasteiger partial charge in [0.15, 0.2) is 4.80 Å². The van der Waals surface area contributed by atoms with Gasteiger partial charge in [-0.1, -0.05) is 57.0 Å². The molecule has 3 aromatic rings. The molecule has 0 radical (unpaired) electrons. The van der Waals surface area contributed by atoms with Gasteiger partial charge in [0.05, 0.1) is 16.3 Å². The molecule has 1 aromatic heterocycles. The maximum atomic E-state index is 13.3. The highest BCUT2D eigenvalue weighted by atomic mass is 32.2. The van der Waals surface area contributed by atoms with Gasteiger partial charge in [0, 0.05) is 30.6 Å². The minimum Gasteiger partial charge on any atom is -0.316 e. The number of aromatic nitrogens is 1. The van der Waals surface area contributed by atoms with Gasteiger partial charge in [0.25, 0.3) is 0 Å². The first-order valence-electron chi connectivity index (χ1n) is 11.9. The molecule has 0 amide bonds. The molecule has 0 aliphatic carbocycles. The molecule has 0 saturated carbocycles. The number of rotatable bonds is 8. The van der Waals surface area contributed by atoms with Crippen molar-refractivity contribution in [3.8, 4) is 11.3 Å². The molecule has 0 atom stereocenters. The van der Waals surface area contributed by atoms with E-state index in [0.717, 1.165) is 60.4 Å². The molecule has 0 bridgehead atoms. The highest BCUT2D eigenvalue weighted by Crippen LogP contribution is 2.28. The Hall–Kier alpha value is -2.22. The fourth-order valence-electron chi connectivity index (χ4n) is 4.19. The predicted octanol–water partition coefficient (Wildman–Crippen LogP) is 6.06. The lowest BCUT2D eigenvalue weighted by molar-refractivity contribution is 0.288. The zero-order valence-corrected chi connectivity index (χ0v) is 21.1. The van der Waals surface area contributed by atoms with E-state index in [9.17, 15) is 8.42 Å². The molecule has 1 aliphatic heterocycles. The number of benzene rings is 2. The van der Waals surface area contributed by atoms with E-state index in [-0.39, 0.29) is 0 Å². The Labute approximate surface area is 201 Å². The molecule has 7 heteroatoms. The van der Waals surface area contributed by atoms with E-state index >= 15 is 0 Å². The maximum absolute atomic E-state index is 13.3. The molecule has 1 saturated heterocycles. The van der Waals surface area contributed by atoms with Crippen LogP contribution >= 0.6 is 11.3 Å². The molecule has 5 nitrogen and oxygen atoms in total. The summed E-state index contributed by atoms with van der Waals surface area (Å²) in [5.74, 6) is 0.586. The van der Waals surface area contributed by atoms with Crippen LogP contribution in [0.4, 0.5) is 5.69 Å². The monoisotopic (exact) mass is 483 g/mol. The van der Waals surface area contributed by atoms with Gasteiger partial charge in [0.1, 0.15) is 0 Å². The van der Waals surface area contributed by atoms with Gasteiger partial charge < -0.3 is 4.57 Å². The van der Waals surface area contributed by atoms with Gasteiger partial charge in [-0.3, -0.25) is 0 Å². The SMILES string of the molecule is CCCCCn1c(-c2cccc(S(=O)(=O)N3CCC(C)CC3)c2)csc1=Nc1ccccc1. The number of para-hydroxylation sites is 1. The molecule has 0 spiro atoms. The van der Waals surface area contributed by atoms with E-state index in [1.165, 1.54) is 0 Å². The van der Waals surface area contributed by atoms with Crippen molar-refractivity contribution in [1.82, 2.24) is 8.87 Å². The number of hydrogen-bond donors (Lipinski definition) is 0. The summed E-state index contributed by atoms with van der Waals surface area (Å²) in [5.41, 5.74) is 2.87. The van der Waals surface area contributed by atoms with Crippen molar-refractivity contribution in [3.63, 3.8) is 0 Å². The van der Waals surface area contributed by atoms with Crippen molar-refractivity contribution in [2.45, 2.75) is 57.4 Å². The summed E-state index contributed by atoms with van der Waals surface area (Å²) in [5, 5.41) is 2.10. The first kappa shape index (κ1) is 23.9. The quantitative estimate of drug-likeness (QED) is 0.366. The van der Waals surface area contributed by atoms with Crippen molar-refractivity contribution in [1.29, 1.82) is 0 Å². The smallest absolute Gasteiger partial charge is 0.243 e. The second-order valence-corrected chi connectivity index (χ2v) is 11.6. The third kappa shape index (κ3) is 5.65. The summed E-state index contributed by atoms with van der Waals surface area (Å²) >= 11 is 1.60. The average molecular weight is 484 g/mol. The molecule has 0 unspecified atom stereocenters. The number of piperidine rings is 1. The number of unbranched alkanes of at least 4 members (excludes halogenated alkanes) is 2. The second-order valence-electron chi connectivity index (χ2n) is 8.82. The zero-order chi connectivity index (χ0) is 23.3. The molecular weight excluding hydrogens is 450 g/mol. The van der Waals surface area contributed by atoms with Gasteiger partial charge in [0.2, 0.25) is 10.0 Å². The normalized spacial score (nSPS) is 16.4. The third-order valence-electron chi connectivity index (χ3n) is 6.27. The van der Waals surface area contributed by atoms with Crippen LogP contribution in [0.3, 0.4) is 0 Å². The van der Waals surface area contributed by atoms with E-state index in [0.29, 0.717) is 23.9 Å². The van der Waals surface area contributed by atoms with Gasteiger partial charge in [-0.25, -0.2) is 13.4 Å². The van der Waals surface area contributed by atoms with Crippen LogP contribution in [-0.2, 0) is 16.6 Å². The van der Waals surface area contributed by atoms with Crippen LogP contribution in [0.2, 0.25) is 0 Å². The molecule has 1 fully saturated rings. The fraction of sp³-hybridized carbons (Fsp3) is 0.423. The molecule has 33 heavy (non-hydrogen) atoms. The maximum Gasteiger partial charge on any atom is 0.243 e. The number of thiazole rings is 1. The van der Waals surface area contributed by atoms with Crippen molar-refractivity contribution >= 4 is 27.0 Å². The first-order chi connectivity index (χ1) is 16.0. The van der Waals surface area contributed by atoms with Crippen LogP contribution in [0.1, 0.15) is 46.0 Å². The van der Waals surface area contributed by atoms with Crippen LogP contribution in [0, 0.1) is 5.92 Å². The Balaban J connectivity index is 1.71. The minimum absolute atomic E-state index is 0.377. The lowest BCUT2D eigenvalue weighted by Gasteiger charge is -2.29. The summed E-state index contributed by atoms with van der Waals surface area (Å²) in [6, 6.07) is 17.4. The Morgan fingerprint density at radius 1 is 1.03 bits per heavy atom. The summed E-state index contributed by atoms with van der Waals surface area (Å²) in [6.07, 6.45) is 5.20. The number of hydrogen-bond acceptors (Lipinski definition) is 4. The molecule has 2 aromatic carbocycles. The van der Waals surface area contributed by atoms with Crippen molar-refractivity contribution in [3.05, 3.63) is 64.8 Å². The van der Waals surface area contributed by atoms with E-state index in [2.05, 4.69) is 23.8 Å². The third-order valence-corrected chi connectivity index (χ3v) is 9.03. The van der Waals surface area contributed by atoms with Gasteiger partial charge in [-0.2, -0.15) is 4.31 Å². The Bertz CT molecular complexity index is 1220. The average Bonchev–Trinajstić information content (AvgIpc) is 3.22. The highest BCUT2D eigenvalue weighted by molar-refractivity contribution is 7.89. The molecule has 4 rings (SSSR count). The zero-order valence-electron chi connectivity index (χ0n) is 19.5. The Kier molecular flexibility index (Phi) is 7.83. The van der Waals surface area contributed by atoms with Crippen LogP contribution in [-0.4, -0.2) is 30.4 Å². The van der Waals surface area contributed by atoms with Crippen LogP contribution < -0.4 is 4.80 Å². The van der Waals surface area contributed by atoms with E-state index in [4.69, 9.17) is 4.99 Å². The lowest BCUT2D eigenvalue weighted by Crippen LogP contribution is -2.37. The molecule has 176 valence electrons. The largest absolute Gasteiger partial charge is 0.316 e. The molecule has 1 aliphatic rings. The topological polar surface area (TPSA) is 54.7 Å². The summed E-state index contributed by atoms with van der Waals surface area (Å²) in [7, 11) is -3.49. The van der Waals surface area contributed by atoms with Crippen molar-refractivity contribution < 1.29 is 8.42 Å². The number of nitrogens with zero attached hydrogens (tertiary/aromatic N) is 3. The van der Waals surface area contributed by atoms with E-state index in [1.807, 2.05) is 48.5 Å². The number of sulfonamides is 1. The molecular formula is C26H33N3O2S2. The van der Waals surface area contributed by atoms with Crippen LogP contribution in [0.5, 0.6) is 0 Å².